The molecule has 0 heterocycles. The molecule has 0 aliphatic rings. The van der Waals surface area contributed by atoms with Crippen molar-refractivity contribution in [2.24, 2.45) is 5.73 Å². The van der Waals surface area contributed by atoms with Crippen molar-refractivity contribution >= 4 is 5.97 Å². The molecule has 1 rings (SSSR count). The summed E-state index contributed by atoms with van der Waals surface area (Å²) in [7, 11) is 0. The van der Waals surface area contributed by atoms with E-state index in [0.29, 0.717) is 0 Å². The number of carboxylic acid groups (broad SMARTS) is 1. The fourth-order valence-electron chi connectivity index (χ4n) is 0.872. The van der Waals surface area contributed by atoms with Crippen molar-refractivity contribution in [2.75, 3.05) is 0 Å². The lowest BCUT2D eigenvalue weighted by Crippen LogP contribution is -2.32. The molecule has 0 radical (unpaired) electrons. The van der Waals surface area contributed by atoms with Crippen LogP contribution in [-0.2, 0) is 11.2 Å². The number of nitrogens with two attached hydrogens (primary N) is 1. The lowest BCUT2D eigenvalue weighted by Gasteiger charge is -2.06. The average molecular weight is 199 g/mol. The van der Waals surface area contributed by atoms with Gasteiger partial charge in [0.25, 0.3) is 0 Å². The number of benzene rings is 1. The number of phenolic OH excluding ortho intramolecular Hbond substituents is 2. The van der Waals surface area contributed by atoms with Gasteiger partial charge >= 0.3 is 5.97 Å². The maximum absolute atomic E-state index is 10.6. The molecule has 0 aliphatic heterocycles. The highest BCUT2D eigenvalue weighted by Crippen LogP contribution is 2.25. The summed E-state index contributed by atoms with van der Waals surface area (Å²) in [5.74, 6) is -2.52. The summed E-state index contributed by atoms with van der Waals surface area (Å²) in [4.78, 5) is 10.6. The van der Waals surface area contributed by atoms with E-state index >= 15 is 0 Å². The van der Waals surface area contributed by atoms with Gasteiger partial charge in [-0.3, -0.25) is 4.79 Å². The molecule has 5 nitrogen and oxygen atoms in total. The highest BCUT2D eigenvalue weighted by Gasteiger charge is 2.12. The van der Waals surface area contributed by atoms with Gasteiger partial charge in [-0.2, -0.15) is 0 Å². The highest BCUT2D eigenvalue weighted by atomic mass is 16.4. The number of hydrogen-bond acceptors (Lipinski definition) is 4. The Labute approximate surface area is 83.2 Å². The van der Waals surface area contributed by atoms with Gasteiger partial charge in [-0.15, -0.1) is 0 Å². The number of aromatic hydroxyl groups is 2. The van der Waals surface area contributed by atoms with Crippen LogP contribution in [0.4, 0.5) is 0 Å². The first-order chi connectivity index (χ1) is 7.26. The van der Waals surface area contributed by atoms with Gasteiger partial charge in [-0.1, -0.05) is 6.07 Å². The van der Waals surface area contributed by atoms with Gasteiger partial charge in [0.1, 0.15) is 6.02 Å². The smallest absolute Gasteiger partial charge is 0.320 e. The van der Waals surface area contributed by atoms with Gasteiger partial charge in [-0.25, -0.2) is 0 Å². The van der Waals surface area contributed by atoms with Gasteiger partial charge in [-0.05, 0) is 24.1 Å². The first-order valence-electron chi connectivity index (χ1n) is 4.81. The summed E-state index contributed by atoms with van der Waals surface area (Å²) in [6.45, 7) is 0. The molecule has 0 saturated heterocycles. The molecule has 0 spiro atoms. The Kier molecular flexibility index (Phi) is 2.17. The zero-order valence-corrected chi connectivity index (χ0v) is 7.14. The van der Waals surface area contributed by atoms with E-state index in [-0.39, 0.29) is 11.3 Å². The molecule has 1 aromatic rings. The molecule has 14 heavy (non-hydrogen) atoms. The van der Waals surface area contributed by atoms with E-state index in [1.807, 2.05) is 0 Å². The van der Waals surface area contributed by atoms with E-state index in [4.69, 9.17) is 18.7 Å². The van der Waals surface area contributed by atoms with Gasteiger partial charge < -0.3 is 21.1 Å². The molecule has 0 saturated carbocycles. The third-order valence-electron chi connectivity index (χ3n) is 1.57. The van der Waals surface area contributed by atoms with Gasteiger partial charge in [0.2, 0.25) is 0 Å². The normalized spacial score (nSPS) is 18.9. The van der Waals surface area contributed by atoms with Crippen LogP contribution in [0.15, 0.2) is 18.2 Å². The number of carboxylic acids is 1. The Morgan fingerprint density at radius 1 is 1.57 bits per heavy atom. The van der Waals surface area contributed by atoms with Crippen LogP contribution >= 0.6 is 0 Å². The maximum Gasteiger partial charge on any atom is 0.320 e. The summed E-state index contributed by atoms with van der Waals surface area (Å²) in [5, 5.41) is 26.9. The second kappa shape index (κ2) is 3.97. The van der Waals surface area contributed by atoms with Crippen molar-refractivity contribution < 1.29 is 22.9 Å². The predicted octanol–water partition coefficient (Wildman–Crippen LogP) is 0.0522. The summed E-state index contributed by atoms with van der Waals surface area (Å²) in [6, 6.07) is 0.825. The van der Waals surface area contributed by atoms with Crippen molar-refractivity contribution in [2.45, 2.75) is 12.4 Å². The standard InChI is InChI=1S/C9H11NO4/c10-6(9(13)14)3-5-1-2-7(11)8(12)4-5/h1-2,4,6,11-12H,3,10H2,(H,13,14)/t6-/m1/s1/i3D,6D/t3?,6-. The largest absolute Gasteiger partial charge is 0.504 e. The molecule has 5 heteroatoms. The van der Waals surface area contributed by atoms with Crippen molar-refractivity contribution in [3.63, 3.8) is 0 Å². The monoisotopic (exact) mass is 199 g/mol. The van der Waals surface area contributed by atoms with Crippen LogP contribution < -0.4 is 5.73 Å². The quantitative estimate of drug-likeness (QED) is 0.515. The minimum atomic E-state index is -2.51. The second-order valence-electron chi connectivity index (χ2n) is 2.65. The first-order valence-corrected chi connectivity index (χ1v) is 3.73. The van der Waals surface area contributed by atoms with E-state index < -0.39 is 24.1 Å². The minimum absolute atomic E-state index is 0.0372. The van der Waals surface area contributed by atoms with Crippen LogP contribution in [0.1, 0.15) is 8.30 Å². The van der Waals surface area contributed by atoms with Crippen LogP contribution in [0.5, 0.6) is 11.5 Å². The van der Waals surface area contributed by atoms with E-state index in [0.717, 1.165) is 12.1 Å². The zero-order chi connectivity index (χ0) is 12.5. The van der Waals surface area contributed by atoms with Crippen LogP contribution in [0.2, 0.25) is 0 Å². The van der Waals surface area contributed by atoms with Crippen LogP contribution in [0.3, 0.4) is 0 Å². The van der Waals surface area contributed by atoms with Gasteiger partial charge in [0.15, 0.2) is 11.5 Å². The SMILES string of the molecule is [2H]C(c1ccc(O)c(O)c1)[C@@]([2H])(N)C(=O)O. The molecule has 0 bridgehead atoms. The molecular formula is C9H11NO4. The predicted molar refractivity (Wildman–Crippen MR) is 49.1 cm³/mol. The van der Waals surface area contributed by atoms with E-state index in [2.05, 4.69) is 0 Å². The summed E-state index contributed by atoms with van der Waals surface area (Å²) < 4.78 is 14.8. The van der Waals surface area contributed by atoms with Crippen LogP contribution in [0.25, 0.3) is 0 Å². The van der Waals surface area contributed by atoms with Crippen LogP contribution in [0, 0.1) is 0 Å². The molecule has 0 aromatic heterocycles. The van der Waals surface area contributed by atoms with E-state index in [1.54, 1.807) is 0 Å². The average Bonchev–Trinajstić information content (AvgIpc) is 2.20. The molecule has 0 amide bonds. The van der Waals surface area contributed by atoms with Crippen molar-refractivity contribution in [1.29, 1.82) is 0 Å². The third-order valence-corrected chi connectivity index (χ3v) is 1.57. The first kappa shape index (κ1) is 7.64. The van der Waals surface area contributed by atoms with Crippen molar-refractivity contribution in [1.82, 2.24) is 0 Å². The summed E-state index contributed by atoms with van der Waals surface area (Å²) in [5.41, 5.74) is 5.20. The topological polar surface area (TPSA) is 104 Å². The molecule has 5 N–H and O–H groups in total. The van der Waals surface area contributed by atoms with E-state index in [1.165, 1.54) is 6.07 Å². The molecule has 1 aromatic carbocycles. The lowest BCUT2D eigenvalue weighted by atomic mass is 10.1. The van der Waals surface area contributed by atoms with E-state index in [9.17, 15) is 9.90 Å². The van der Waals surface area contributed by atoms with Gasteiger partial charge in [0.05, 0.1) is 1.37 Å². The second-order valence-corrected chi connectivity index (χ2v) is 2.65. The number of phenols is 2. The molecule has 0 aliphatic carbocycles. The third kappa shape index (κ3) is 2.37. The molecule has 0 fully saturated rings. The Morgan fingerprint density at radius 3 is 2.71 bits per heavy atom. The molecule has 1 unspecified atom stereocenters. The van der Waals surface area contributed by atoms with Crippen LogP contribution in [-0.4, -0.2) is 27.3 Å². The highest BCUT2D eigenvalue weighted by molar-refractivity contribution is 5.73. The Balaban J connectivity index is 3.10. The minimum Gasteiger partial charge on any atom is -0.504 e. The fourth-order valence-corrected chi connectivity index (χ4v) is 0.872. The summed E-state index contributed by atoms with van der Waals surface area (Å²) in [6.07, 6.45) is -1.57. The fraction of sp³-hybridized carbons (Fsp3) is 0.222. The van der Waals surface area contributed by atoms with Crippen molar-refractivity contribution in [3.8, 4) is 11.5 Å². The number of hydrogen-bond donors (Lipinski definition) is 4. The molecule has 2 atom stereocenters. The Morgan fingerprint density at radius 2 is 2.21 bits per heavy atom. The Bertz CT molecular complexity index is 422. The lowest BCUT2D eigenvalue weighted by molar-refractivity contribution is -0.138. The maximum atomic E-state index is 10.6. The van der Waals surface area contributed by atoms with Crippen molar-refractivity contribution in [3.05, 3.63) is 23.8 Å². The summed E-state index contributed by atoms with van der Waals surface area (Å²) >= 11 is 0. The number of rotatable bonds is 3. The number of aliphatic carboxylic acids is 1. The van der Waals surface area contributed by atoms with Gasteiger partial charge in [0, 0.05) is 1.37 Å². The number of carbonyl (C=O) groups is 1. The molecular weight excluding hydrogens is 186 g/mol. The Hall–Kier alpha value is -1.75. The molecule has 76 valence electrons. The zero-order valence-electron chi connectivity index (χ0n) is 9.14.